The Balaban J connectivity index is 2.58. The van der Waals surface area contributed by atoms with E-state index in [1.165, 1.54) is 10.9 Å². The van der Waals surface area contributed by atoms with Crippen molar-refractivity contribution in [3.05, 3.63) is 18.7 Å². The maximum Gasteiger partial charge on any atom is 0.323 e. The van der Waals surface area contributed by atoms with E-state index in [2.05, 4.69) is 4.98 Å². The molecule has 0 aliphatic rings. The van der Waals surface area contributed by atoms with Gasteiger partial charge in [-0.25, -0.2) is 4.98 Å². The fraction of sp³-hybridized carbons (Fsp3) is 0.200. The molecule has 0 radical (unpaired) electrons. The van der Waals surface area contributed by atoms with Gasteiger partial charge in [0.1, 0.15) is 6.54 Å². The van der Waals surface area contributed by atoms with Crippen molar-refractivity contribution in [2.75, 3.05) is 0 Å². The number of rotatable bonds is 2. The van der Waals surface area contributed by atoms with Gasteiger partial charge >= 0.3 is 5.97 Å². The molecule has 0 aliphatic carbocycles. The maximum atomic E-state index is 10.0. The van der Waals surface area contributed by atoms with E-state index in [9.17, 15) is 4.79 Å². The maximum absolute atomic E-state index is 10.0. The molecule has 1 rings (SSSR count). The van der Waals surface area contributed by atoms with E-state index in [0.717, 1.165) is 0 Å². The molecule has 0 bridgehead atoms. The summed E-state index contributed by atoms with van der Waals surface area (Å²) in [4.78, 5) is 13.7. The predicted octanol–water partition coefficient (Wildman–Crippen LogP) is -0.0323. The zero-order valence-corrected chi connectivity index (χ0v) is 4.69. The molecule has 9 heavy (non-hydrogen) atoms. The van der Waals surface area contributed by atoms with Gasteiger partial charge in [-0.1, -0.05) is 0 Å². The fourth-order valence-corrected chi connectivity index (χ4v) is 0.536. The molecule has 1 heterocycles. The standard InChI is InChI=1S/C5H6N2O2/c8-5(9)3-7-2-1-6-4-7/h1-2,4H,3H2,(H,8,9)/i3+1,5+1,6+1,7+1. The first-order valence-electron chi connectivity index (χ1n) is 2.46. The van der Waals surface area contributed by atoms with Crippen molar-refractivity contribution in [3.8, 4) is 0 Å². The number of nitrogens with zero attached hydrogens (tertiary/aromatic N) is 2. The monoisotopic (exact) mass is 130 g/mol. The van der Waals surface area contributed by atoms with E-state index in [1.807, 2.05) is 0 Å². The molecular weight excluding hydrogens is 124 g/mol. The van der Waals surface area contributed by atoms with Crippen LogP contribution in [0.2, 0.25) is 0 Å². The molecule has 0 amide bonds. The number of carbonyl (C=O) groups is 1. The third-order valence-corrected chi connectivity index (χ3v) is 0.877. The van der Waals surface area contributed by atoms with Crippen LogP contribution in [-0.4, -0.2) is 20.6 Å². The lowest BCUT2D eigenvalue weighted by atomic mass is 11.0. The molecule has 0 atom stereocenters. The summed E-state index contributed by atoms with van der Waals surface area (Å²) in [5.74, 6) is -0.854. The molecular formula is C5H6N2O2. The Morgan fingerprint density at radius 1 is 1.78 bits per heavy atom. The molecule has 1 aromatic rings. The van der Waals surface area contributed by atoms with Crippen molar-refractivity contribution in [2.24, 2.45) is 0 Å². The van der Waals surface area contributed by atoms with E-state index in [0.29, 0.717) is 0 Å². The van der Waals surface area contributed by atoms with Crippen LogP contribution in [0.4, 0.5) is 0 Å². The van der Waals surface area contributed by atoms with Crippen molar-refractivity contribution in [2.45, 2.75) is 6.54 Å². The van der Waals surface area contributed by atoms with Gasteiger partial charge in [-0.15, -0.1) is 0 Å². The number of carboxylic acids is 1. The Labute approximate surface area is 51.8 Å². The van der Waals surface area contributed by atoms with Gasteiger partial charge in [0.25, 0.3) is 0 Å². The number of carboxylic acid groups (broad SMARTS) is 1. The third kappa shape index (κ3) is 1.56. The first-order chi connectivity index (χ1) is 4.29. The van der Waals surface area contributed by atoms with E-state index >= 15 is 0 Å². The molecule has 1 aromatic heterocycles. The Morgan fingerprint density at radius 3 is 3.00 bits per heavy atom. The van der Waals surface area contributed by atoms with Gasteiger partial charge in [0.05, 0.1) is 6.33 Å². The average molecular weight is 130 g/mol. The molecule has 0 saturated heterocycles. The van der Waals surface area contributed by atoms with Crippen LogP contribution in [0.1, 0.15) is 0 Å². The number of aromatic nitrogens is 2. The largest absolute Gasteiger partial charge is 0.480 e. The highest BCUT2D eigenvalue weighted by Gasteiger charge is 1.94. The van der Waals surface area contributed by atoms with Crippen molar-refractivity contribution in [1.29, 1.82) is 0 Å². The van der Waals surface area contributed by atoms with Crippen molar-refractivity contribution in [1.82, 2.24) is 9.55 Å². The Kier molecular flexibility index (Phi) is 1.48. The number of hydrogen-bond acceptors (Lipinski definition) is 2. The summed E-state index contributed by atoms with van der Waals surface area (Å²) in [6, 6.07) is 0. The average Bonchev–Trinajstić information content (AvgIpc) is 2.15. The van der Waals surface area contributed by atoms with Gasteiger partial charge in [0, 0.05) is 12.4 Å². The minimum Gasteiger partial charge on any atom is -0.480 e. The zero-order chi connectivity index (χ0) is 6.69. The zero-order valence-electron chi connectivity index (χ0n) is 4.69. The Bertz CT molecular complexity index is 193. The second-order valence-electron chi connectivity index (χ2n) is 1.63. The van der Waals surface area contributed by atoms with Crippen LogP contribution in [0.3, 0.4) is 0 Å². The van der Waals surface area contributed by atoms with Gasteiger partial charge in [-0.3, -0.25) is 4.79 Å². The van der Waals surface area contributed by atoms with E-state index in [1.54, 1.807) is 12.4 Å². The van der Waals surface area contributed by atoms with Crippen LogP contribution < -0.4 is 0 Å². The highest BCUT2D eigenvalue weighted by atomic mass is 16.5. The molecule has 0 aromatic carbocycles. The first kappa shape index (κ1) is 5.81. The smallest absolute Gasteiger partial charge is 0.323 e. The number of aliphatic carboxylic acids is 1. The Hall–Kier alpha value is -1.32. The second-order valence-corrected chi connectivity index (χ2v) is 1.63. The summed E-state index contributed by atoms with van der Waals surface area (Å²) in [5, 5.41) is 8.24. The molecule has 48 valence electrons. The normalized spacial score (nSPS) is 9.33. The molecule has 0 spiro atoms. The number of imidazole rings is 1. The molecule has 0 aliphatic heterocycles. The number of hydrogen-bond donors (Lipinski definition) is 1. The van der Waals surface area contributed by atoms with Crippen LogP contribution in [0, 0.1) is 0 Å². The van der Waals surface area contributed by atoms with Crippen molar-refractivity contribution in [3.63, 3.8) is 0 Å². The molecule has 4 nitrogen and oxygen atoms in total. The summed E-state index contributed by atoms with van der Waals surface area (Å²) in [6.07, 6.45) is 4.62. The third-order valence-electron chi connectivity index (χ3n) is 0.877. The minimum atomic E-state index is -0.854. The summed E-state index contributed by atoms with van der Waals surface area (Å²) in [6.45, 7) is -0.0139. The molecule has 1 N–H and O–H groups in total. The van der Waals surface area contributed by atoms with Crippen LogP contribution in [-0.2, 0) is 11.3 Å². The van der Waals surface area contributed by atoms with E-state index in [4.69, 9.17) is 5.11 Å². The summed E-state index contributed by atoms with van der Waals surface area (Å²) < 4.78 is 1.49. The van der Waals surface area contributed by atoms with Gasteiger partial charge < -0.3 is 9.67 Å². The van der Waals surface area contributed by atoms with Gasteiger partial charge in [0.2, 0.25) is 0 Å². The summed E-state index contributed by atoms with van der Waals surface area (Å²) in [7, 11) is 0. The highest BCUT2D eigenvalue weighted by molar-refractivity contribution is 5.66. The van der Waals surface area contributed by atoms with Crippen LogP contribution in [0.15, 0.2) is 18.7 Å². The van der Waals surface area contributed by atoms with Gasteiger partial charge in [0.15, 0.2) is 0 Å². The molecule has 0 saturated carbocycles. The fourth-order valence-electron chi connectivity index (χ4n) is 0.536. The Morgan fingerprint density at radius 2 is 2.56 bits per heavy atom. The van der Waals surface area contributed by atoms with Crippen molar-refractivity contribution < 1.29 is 9.90 Å². The first-order valence-corrected chi connectivity index (χ1v) is 2.46. The molecule has 0 unspecified atom stereocenters. The minimum absolute atomic E-state index is 0.0139. The highest BCUT2D eigenvalue weighted by Crippen LogP contribution is 1.83. The van der Waals surface area contributed by atoms with Crippen LogP contribution in [0.5, 0.6) is 0 Å². The second kappa shape index (κ2) is 2.30. The predicted molar refractivity (Wildman–Crippen MR) is 29.9 cm³/mol. The molecule has 4 heteroatoms. The molecule has 0 fully saturated rings. The van der Waals surface area contributed by atoms with Crippen LogP contribution >= 0.6 is 0 Å². The SMILES string of the molecule is O=[13C](O)[13CH2][15n]1cc[15n]c1. The van der Waals surface area contributed by atoms with Crippen molar-refractivity contribution >= 4 is 5.97 Å². The quantitative estimate of drug-likeness (QED) is 0.572. The topological polar surface area (TPSA) is 55.1 Å². The van der Waals surface area contributed by atoms with Gasteiger partial charge in [-0.05, 0) is 0 Å². The van der Waals surface area contributed by atoms with E-state index in [-0.39, 0.29) is 6.54 Å². The lowest BCUT2D eigenvalue weighted by Crippen LogP contribution is -2.05. The van der Waals surface area contributed by atoms with Gasteiger partial charge in [-0.2, -0.15) is 0 Å². The lowest BCUT2D eigenvalue weighted by Gasteiger charge is -1.91. The van der Waals surface area contributed by atoms with E-state index < -0.39 is 5.97 Å². The summed E-state index contributed by atoms with van der Waals surface area (Å²) >= 11 is 0. The summed E-state index contributed by atoms with van der Waals surface area (Å²) in [5.41, 5.74) is 0. The lowest BCUT2D eigenvalue weighted by molar-refractivity contribution is -0.137. The van der Waals surface area contributed by atoms with Crippen LogP contribution in [0.25, 0.3) is 0 Å².